The van der Waals surface area contributed by atoms with Crippen LogP contribution in [-0.4, -0.2) is 47.8 Å². The smallest absolute Gasteiger partial charge is 0.253 e. The fraction of sp³-hybridized carbons (Fsp3) is 0.316. The lowest BCUT2D eigenvalue weighted by atomic mass is 9.92. The maximum atomic E-state index is 12.5. The minimum absolute atomic E-state index is 0.127. The quantitative estimate of drug-likeness (QED) is 0.861. The summed E-state index contributed by atoms with van der Waals surface area (Å²) in [4.78, 5) is 14.0. The standard InChI is InChI=1S/C19H23NO3/c1-19(13-21,14-22)12-20(2)18(23)17-10-8-16(9-11-17)15-6-4-3-5-7-15/h3-11,21-22H,12-14H2,1-2H3. The van der Waals surface area contributed by atoms with Gasteiger partial charge in [0.2, 0.25) is 0 Å². The van der Waals surface area contributed by atoms with Crippen LogP contribution in [0.1, 0.15) is 17.3 Å². The number of nitrogens with zero attached hydrogens (tertiary/aromatic N) is 1. The largest absolute Gasteiger partial charge is 0.396 e. The van der Waals surface area contributed by atoms with Gasteiger partial charge in [-0.1, -0.05) is 49.4 Å². The van der Waals surface area contributed by atoms with Gasteiger partial charge in [-0.15, -0.1) is 0 Å². The Hall–Kier alpha value is -2.17. The summed E-state index contributed by atoms with van der Waals surface area (Å²) >= 11 is 0. The van der Waals surface area contributed by atoms with Gasteiger partial charge in [0.25, 0.3) is 5.91 Å². The number of carbonyl (C=O) groups is 1. The first-order valence-electron chi connectivity index (χ1n) is 7.62. The molecule has 0 saturated heterocycles. The van der Waals surface area contributed by atoms with Gasteiger partial charge in [0.15, 0.2) is 0 Å². The first-order chi connectivity index (χ1) is 11.0. The lowest BCUT2D eigenvalue weighted by Crippen LogP contribution is -2.41. The highest BCUT2D eigenvalue weighted by Crippen LogP contribution is 2.21. The maximum Gasteiger partial charge on any atom is 0.253 e. The summed E-state index contributed by atoms with van der Waals surface area (Å²) in [5, 5.41) is 18.7. The summed E-state index contributed by atoms with van der Waals surface area (Å²) < 4.78 is 0. The van der Waals surface area contributed by atoms with Crippen LogP contribution in [0.3, 0.4) is 0 Å². The molecule has 2 aromatic rings. The van der Waals surface area contributed by atoms with E-state index in [2.05, 4.69) is 0 Å². The summed E-state index contributed by atoms with van der Waals surface area (Å²) in [7, 11) is 1.68. The highest BCUT2D eigenvalue weighted by Gasteiger charge is 2.26. The van der Waals surface area contributed by atoms with Crippen LogP contribution >= 0.6 is 0 Å². The lowest BCUT2D eigenvalue weighted by Gasteiger charge is -2.30. The fourth-order valence-electron chi connectivity index (χ4n) is 2.45. The Labute approximate surface area is 137 Å². The van der Waals surface area contributed by atoms with E-state index >= 15 is 0 Å². The molecule has 0 bridgehead atoms. The monoisotopic (exact) mass is 313 g/mol. The van der Waals surface area contributed by atoms with Crippen molar-refractivity contribution in [3.8, 4) is 11.1 Å². The number of aliphatic hydroxyl groups is 2. The van der Waals surface area contributed by atoms with E-state index in [0.29, 0.717) is 12.1 Å². The molecule has 122 valence electrons. The zero-order valence-electron chi connectivity index (χ0n) is 13.6. The van der Waals surface area contributed by atoms with Crippen LogP contribution in [0.5, 0.6) is 0 Å². The van der Waals surface area contributed by atoms with Gasteiger partial charge in [0.05, 0.1) is 13.2 Å². The van der Waals surface area contributed by atoms with Crippen molar-refractivity contribution in [2.45, 2.75) is 6.92 Å². The first-order valence-corrected chi connectivity index (χ1v) is 7.62. The molecule has 0 atom stereocenters. The zero-order chi connectivity index (χ0) is 16.9. The molecule has 0 aliphatic carbocycles. The molecule has 0 fully saturated rings. The number of benzene rings is 2. The number of aliphatic hydroxyl groups excluding tert-OH is 2. The van der Waals surface area contributed by atoms with E-state index in [1.165, 1.54) is 4.90 Å². The molecule has 2 rings (SSSR count). The van der Waals surface area contributed by atoms with Crippen LogP contribution in [-0.2, 0) is 0 Å². The van der Waals surface area contributed by atoms with Gasteiger partial charge < -0.3 is 15.1 Å². The molecule has 4 heteroatoms. The van der Waals surface area contributed by atoms with Crippen molar-refractivity contribution >= 4 is 5.91 Å². The summed E-state index contributed by atoms with van der Waals surface area (Å²) in [5.74, 6) is -0.127. The van der Waals surface area contributed by atoms with Crippen molar-refractivity contribution in [3.05, 3.63) is 60.2 Å². The van der Waals surface area contributed by atoms with Crippen molar-refractivity contribution in [1.29, 1.82) is 0 Å². The van der Waals surface area contributed by atoms with Gasteiger partial charge in [0.1, 0.15) is 0 Å². The Bertz CT molecular complexity index is 633. The van der Waals surface area contributed by atoms with Gasteiger partial charge in [-0.05, 0) is 23.3 Å². The van der Waals surface area contributed by atoms with Crippen molar-refractivity contribution in [2.24, 2.45) is 5.41 Å². The van der Waals surface area contributed by atoms with Crippen LogP contribution in [0.15, 0.2) is 54.6 Å². The Kier molecular flexibility index (Phi) is 5.53. The Morgan fingerprint density at radius 3 is 2.00 bits per heavy atom. The van der Waals surface area contributed by atoms with Crippen molar-refractivity contribution in [3.63, 3.8) is 0 Å². The first kappa shape index (κ1) is 17.2. The van der Waals surface area contributed by atoms with E-state index in [1.54, 1.807) is 26.1 Å². The molecular weight excluding hydrogens is 290 g/mol. The summed E-state index contributed by atoms with van der Waals surface area (Å²) in [6.07, 6.45) is 0. The second-order valence-electron chi connectivity index (χ2n) is 6.23. The second-order valence-corrected chi connectivity index (χ2v) is 6.23. The summed E-state index contributed by atoms with van der Waals surface area (Å²) in [6.45, 7) is 1.69. The number of hydrogen-bond donors (Lipinski definition) is 2. The Morgan fingerprint density at radius 1 is 0.957 bits per heavy atom. The van der Waals surface area contributed by atoms with Gasteiger partial charge >= 0.3 is 0 Å². The van der Waals surface area contributed by atoms with Crippen LogP contribution in [0.4, 0.5) is 0 Å². The fourth-order valence-corrected chi connectivity index (χ4v) is 2.45. The highest BCUT2D eigenvalue weighted by atomic mass is 16.3. The van der Waals surface area contributed by atoms with E-state index in [1.807, 2.05) is 42.5 Å². The normalized spacial score (nSPS) is 11.3. The van der Waals surface area contributed by atoms with E-state index in [9.17, 15) is 15.0 Å². The van der Waals surface area contributed by atoms with E-state index in [4.69, 9.17) is 0 Å². The van der Waals surface area contributed by atoms with E-state index in [0.717, 1.165) is 11.1 Å². The molecule has 4 nitrogen and oxygen atoms in total. The molecular formula is C19H23NO3. The third kappa shape index (κ3) is 4.18. The molecule has 0 spiro atoms. The lowest BCUT2D eigenvalue weighted by molar-refractivity contribution is 0.0366. The van der Waals surface area contributed by atoms with E-state index < -0.39 is 5.41 Å². The molecule has 0 aromatic heterocycles. The van der Waals surface area contributed by atoms with Crippen molar-refractivity contribution < 1.29 is 15.0 Å². The Morgan fingerprint density at radius 2 is 1.48 bits per heavy atom. The molecule has 0 heterocycles. The second kappa shape index (κ2) is 7.40. The topological polar surface area (TPSA) is 60.8 Å². The SMILES string of the molecule is CN(CC(C)(CO)CO)C(=O)c1ccc(-c2ccccc2)cc1. The molecule has 0 aliphatic rings. The molecule has 0 aliphatic heterocycles. The molecule has 1 amide bonds. The van der Waals surface area contributed by atoms with Gasteiger partial charge in [-0.25, -0.2) is 0 Å². The third-order valence-electron chi connectivity index (χ3n) is 3.97. The molecule has 23 heavy (non-hydrogen) atoms. The molecule has 2 N–H and O–H groups in total. The van der Waals surface area contributed by atoms with Crippen molar-refractivity contribution in [1.82, 2.24) is 4.90 Å². The number of amides is 1. The Balaban J connectivity index is 2.11. The van der Waals surface area contributed by atoms with Crippen LogP contribution in [0.2, 0.25) is 0 Å². The average Bonchev–Trinajstić information content (AvgIpc) is 2.61. The van der Waals surface area contributed by atoms with E-state index in [-0.39, 0.29) is 19.1 Å². The summed E-state index contributed by atoms with van der Waals surface area (Å²) in [5.41, 5.74) is 2.05. The molecule has 0 saturated carbocycles. The van der Waals surface area contributed by atoms with Gasteiger partial charge in [0, 0.05) is 24.6 Å². The average molecular weight is 313 g/mol. The minimum Gasteiger partial charge on any atom is -0.396 e. The maximum absolute atomic E-state index is 12.5. The van der Waals surface area contributed by atoms with Gasteiger partial charge in [-0.2, -0.15) is 0 Å². The number of rotatable bonds is 6. The predicted octanol–water partition coefficient (Wildman–Crippen LogP) is 2.42. The predicted molar refractivity (Wildman–Crippen MR) is 91.1 cm³/mol. The minimum atomic E-state index is -0.700. The van der Waals surface area contributed by atoms with Crippen LogP contribution in [0.25, 0.3) is 11.1 Å². The number of carbonyl (C=O) groups excluding carboxylic acids is 1. The van der Waals surface area contributed by atoms with Crippen LogP contribution in [0, 0.1) is 5.41 Å². The van der Waals surface area contributed by atoms with Crippen molar-refractivity contribution in [2.75, 3.05) is 26.8 Å². The molecule has 2 aromatic carbocycles. The third-order valence-corrected chi connectivity index (χ3v) is 3.97. The van der Waals surface area contributed by atoms with Gasteiger partial charge in [-0.3, -0.25) is 4.79 Å². The highest BCUT2D eigenvalue weighted by molar-refractivity contribution is 5.94. The zero-order valence-corrected chi connectivity index (χ0v) is 13.6. The number of hydrogen-bond acceptors (Lipinski definition) is 3. The molecule has 0 radical (unpaired) electrons. The summed E-state index contributed by atoms with van der Waals surface area (Å²) in [6, 6.07) is 17.4. The van der Waals surface area contributed by atoms with Crippen LogP contribution < -0.4 is 0 Å². The molecule has 0 unspecified atom stereocenters.